The third kappa shape index (κ3) is 4.21. The summed E-state index contributed by atoms with van der Waals surface area (Å²) < 4.78 is 1.57. The SMILES string of the molecule is Cc1c(N)cccc1-c1cccc(-c2ccn3c(=O)c(CN(C)CCO)cnc3c2)c1. The highest BCUT2D eigenvalue weighted by Crippen LogP contribution is 2.30. The minimum Gasteiger partial charge on any atom is -0.398 e. The molecule has 6 nitrogen and oxygen atoms in total. The van der Waals surface area contributed by atoms with Crippen molar-refractivity contribution >= 4 is 11.3 Å². The second-order valence-electron chi connectivity index (χ2n) is 7.79. The Morgan fingerprint density at radius 2 is 1.81 bits per heavy atom. The molecule has 0 aliphatic carbocycles. The fraction of sp³-hybridized carbons (Fsp3) is 0.200. The number of hydrogen-bond donors (Lipinski definition) is 2. The van der Waals surface area contributed by atoms with E-state index >= 15 is 0 Å². The summed E-state index contributed by atoms with van der Waals surface area (Å²) in [6.45, 7) is 3.03. The second kappa shape index (κ2) is 8.71. The van der Waals surface area contributed by atoms with Gasteiger partial charge in [0.25, 0.3) is 5.56 Å². The number of aliphatic hydroxyl groups is 1. The van der Waals surface area contributed by atoms with Crippen molar-refractivity contribution in [3.05, 3.63) is 88.5 Å². The predicted octanol–water partition coefficient (Wildman–Crippen LogP) is 3.34. The van der Waals surface area contributed by atoms with E-state index in [1.54, 1.807) is 16.8 Å². The fourth-order valence-corrected chi connectivity index (χ4v) is 3.77. The van der Waals surface area contributed by atoms with Crippen molar-refractivity contribution in [2.45, 2.75) is 13.5 Å². The standard InChI is InChI=1S/C25H26N4O2/c1-17-22(7-4-8-23(17)26)20-6-3-5-18(13-20)19-9-10-29-24(14-19)27-15-21(25(29)31)16-28(2)11-12-30/h3-10,13-15,30H,11-12,16,26H2,1-2H3. The van der Waals surface area contributed by atoms with Crippen LogP contribution in [0.4, 0.5) is 5.69 Å². The Hall–Kier alpha value is -3.48. The molecule has 2 aromatic heterocycles. The molecule has 4 rings (SSSR count). The Labute approximate surface area is 181 Å². The first-order valence-electron chi connectivity index (χ1n) is 10.2. The molecule has 4 aromatic rings. The third-order valence-electron chi connectivity index (χ3n) is 5.59. The third-order valence-corrected chi connectivity index (χ3v) is 5.59. The van der Waals surface area contributed by atoms with Gasteiger partial charge in [0.05, 0.1) is 12.2 Å². The van der Waals surface area contributed by atoms with Gasteiger partial charge in [0.2, 0.25) is 0 Å². The summed E-state index contributed by atoms with van der Waals surface area (Å²) in [6.07, 6.45) is 3.40. The zero-order valence-electron chi connectivity index (χ0n) is 17.7. The molecule has 6 heteroatoms. The molecule has 0 bridgehead atoms. The van der Waals surface area contributed by atoms with E-state index in [0.717, 1.165) is 33.5 Å². The number of anilines is 1. The number of rotatable bonds is 6. The molecule has 0 saturated heterocycles. The number of hydrogen-bond acceptors (Lipinski definition) is 5. The number of aromatic nitrogens is 2. The van der Waals surface area contributed by atoms with E-state index in [-0.39, 0.29) is 12.2 Å². The summed E-state index contributed by atoms with van der Waals surface area (Å²) in [5, 5.41) is 9.07. The number of likely N-dealkylation sites (N-methyl/N-ethyl adjacent to an activating group) is 1. The van der Waals surface area contributed by atoms with Crippen LogP contribution in [-0.4, -0.2) is 39.6 Å². The van der Waals surface area contributed by atoms with Crippen LogP contribution in [0.15, 0.2) is 71.8 Å². The van der Waals surface area contributed by atoms with Gasteiger partial charge in [-0.25, -0.2) is 4.98 Å². The van der Waals surface area contributed by atoms with E-state index in [1.807, 2.05) is 55.3 Å². The summed E-state index contributed by atoms with van der Waals surface area (Å²) in [5.41, 5.74) is 13.3. The quantitative estimate of drug-likeness (QED) is 0.473. The minimum atomic E-state index is -0.0922. The monoisotopic (exact) mass is 414 g/mol. The number of nitrogens with zero attached hydrogens (tertiary/aromatic N) is 3. The number of benzene rings is 2. The van der Waals surface area contributed by atoms with Crippen molar-refractivity contribution in [1.29, 1.82) is 0 Å². The lowest BCUT2D eigenvalue weighted by Gasteiger charge is -2.15. The van der Waals surface area contributed by atoms with E-state index in [4.69, 9.17) is 10.8 Å². The lowest BCUT2D eigenvalue weighted by atomic mass is 9.96. The Morgan fingerprint density at radius 3 is 2.61 bits per heavy atom. The Morgan fingerprint density at radius 1 is 1.06 bits per heavy atom. The number of pyridine rings is 1. The molecular weight excluding hydrogens is 388 g/mol. The molecule has 0 spiro atoms. The maximum absolute atomic E-state index is 12.8. The number of fused-ring (bicyclic) bond motifs is 1. The van der Waals surface area contributed by atoms with E-state index in [1.165, 1.54) is 0 Å². The Balaban J connectivity index is 1.71. The highest BCUT2D eigenvalue weighted by molar-refractivity contribution is 5.78. The van der Waals surface area contributed by atoms with Crippen LogP contribution in [0, 0.1) is 6.92 Å². The first-order chi connectivity index (χ1) is 15.0. The fourth-order valence-electron chi connectivity index (χ4n) is 3.77. The van der Waals surface area contributed by atoms with Gasteiger partial charge in [-0.15, -0.1) is 0 Å². The van der Waals surface area contributed by atoms with Crippen LogP contribution in [0.2, 0.25) is 0 Å². The van der Waals surface area contributed by atoms with Gasteiger partial charge >= 0.3 is 0 Å². The summed E-state index contributed by atoms with van der Waals surface area (Å²) in [6, 6.07) is 18.1. The molecule has 2 aromatic carbocycles. The zero-order valence-corrected chi connectivity index (χ0v) is 17.7. The predicted molar refractivity (Wildman–Crippen MR) is 125 cm³/mol. The van der Waals surface area contributed by atoms with Crippen LogP contribution in [0.1, 0.15) is 11.1 Å². The number of aliphatic hydroxyl groups excluding tert-OH is 1. The topological polar surface area (TPSA) is 83.9 Å². The van der Waals surface area contributed by atoms with Crippen molar-refractivity contribution in [3.63, 3.8) is 0 Å². The van der Waals surface area contributed by atoms with Crippen LogP contribution < -0.4 is 11.3 Å². The molecule has 0 unspecified atom stereocenters. The molecule has 158 valence electrons. The number of nitrogens with two attached hydrogens (primary N) is 1. The highest BCUT2D eigenvalue weighted by atomic mass is 16.3. The van der Waals surface area contributed by atoms with Crippen LogP contribution >= 0.6 is 0 Å². The first kappa shape index (κ1) is 20.8. The van der Waals surface area contributed by atoms with Crippen LogP contribution in [0.5, 0.6) is 0 Å². The lowest BCUT2D eigenvalue weighted by molar-refractivity contribution is 0.216. The summed E-state index contributed by atoms with van der Waals surface area (Å²) >= 11 is 0. The summed E-state index contributed by atoms with van der Waals surface area (Å²) in [7, 11) is 1.86. The smallest absolute Gasteiger partial charge is 0.262 e. The molecule has 3 N–H and O–H groups in total. The average Bonchev–Trinajstić information content (AvgIpc) is 2.77. The minimum absolute atomic E-state index is 0.0520. The van der Waals surface area contributed by atoms with Crippen molar-refractivity contribution in [1.82, 2.24) is 14.3 Å². The molecule has 2 heterocycles. The van der Waals surface area contributed by atoms with E-state index in [2.05, 4.69) is 23.2 Å². The van der Waals surface area contributed by atoms with Gasteiger partial charge in [0.15, 0.2) is 0 Å². The normalized spacial score (nSPS) is 11.4. The van der Waals surface area contributed by atoms with Crippen LogP contribution in [0.25, 0.3) is 27.9 Å². The number of nitrogen functional groups attached to an aromatic ring is 1. The summed E-state index contributed by atoms with van der Waals surface area (Å²) in [4.78, 5) is 19.2. The van der Waals surface area contributed by atoms with E-state index in [9.17, 15) is 4.79 Å². The maximum atomic E-state index is 12.8. The summed E-state index contributed by atoms with van der Waals surface area (Å²) in [5.74, 6) is 0. The maximum Gasteiger partial charge on any atom is 0.262 e. The Kier molecular flexibility index (Phi) is 5.84. The molecular formula is C25H26N4O2. The van der Waals surface area contributed by atoms with Crippen molar-refractivity contribution in [2.75, 3.05) is 25.9 Å². The van der Waals surface area contributed by atoms with Gasteiger partial charge in [-0.2, -0.15) is 0 Å². The molecule has 0 fully saturated rings. The van der Waals surface area contributed by atoms with Gasteiger partial charge in [-0.3, -0.25) is 14.1 Å². The van der Waals surface area contributed by atoms with Crippen LogP contribution in [-0.2, 0) is 6.54 Å². The van der Waals surface area contributed by atoms with Gasteiger partial charge in [-0.1, -0.05) is 30.3 Å². The first-order valence-corrected chi connectivity index (χ1v) is 10.2. The lowest BCUT2D eigenvalue weighted by Crippen LogP contribution is -2.27. The molecule has 0 saturated carbocycles. The highest BCUT2D eigenvalue weighted by Gasteiger charge is 2.10. The van der Waals surface area contributed by atoms with Gasteiger partial charge in [-0.05, 0) is 66.1 Å². The zero-order chi connectivity index (χ0) is 22.0. The molecule has 0 atom stereocenters. The van der Waals surface area contributed by atoms with Crippen molar-refractivity contribution in [2.24, 2.45) is 0 Å². The van der Waals surface area contributed by atoms with Crippen molar-refractivity contribution < 1.29 is 5.11 Å². The van der Waals surface area contributed by atoms with Gasteiger partial charge in [0, 0.05) is 31.2 Å². The average molecular weight is 415 g/mol. The second-order valence-corrected chi connectivity index (χ2v) is 7.79. The largest absolute Gasteiger partial charge is 0.398 e. The van der Waals surface area contributed by atoms with Crippen LogP contribution in [0.3, 0.4) is 0 Å². The molecule has 0 aliphatic rings. The molecule has 31 heavy (non-hydrogen) atoms. The Bertz CT molecular complexity index is 1300. The van der Waals surface area contributed by atoms with E-state index in [0.29, 0.717) is 24.3 Å². The van der Waals surface area contributed by atoms with E-state index < -0.39 is 0 Å². The molecule has 0 amide bonds. The van der Waals surface area contributed by atoms with Crippen molar-refractivity contribution in [3.8, 4) is 22.3 Å². The van der Waals surface area contributed by atoms with Gasteiger partial charge in [0.1, 0.15) is 5.65 Å². The molecule has 0 radical (unpaired) electrons. The van der Waals surface area contributed by atoms with Gasteiger partial charge < -0.3 is 10.8 Å². The molecule has 0 aliphatic heterocycles.